The Morgan fingerprint density at radius 1 is 1.11 bits per heavy atom. The van der Waals surface area contributed by atoms with Crippen LogP contribution in [0.4, 0.5) is 0 Å². The number of hydrogen-bond donors (Lipinski definition) is 0. The third-order valence-electron chi connectivity index (χ3n) is 2.34. The Hall–Kier alpha value is -1.75. The summed E-state index contributed by atoms with van der Waals surface area (Å²) in [6.45, 7) is 1.12. The van der Waals surface area contributed by atoms with E-state index in [-0.39, 0.29) is 0 Å². The Kier molecular flexibility index (Phi) is 6.00. The van der Waals surface area contributed by atoms with E-state index in [1.54, 1.807) is 32.4 Å². The normalized spacial score (nSPS) is 9.94. The Morgan fingerprint density at radius 3 is 2.50 bits per heavy atom. The molecule has 0 N–H and O–H groups in total. The van der Waals surface area contributed by atoms with Crippen LogP contribution in [0.3, 0.4) is 0 Å². The zero-order chi connectivity index (χ0) is 13.4. The molecule has 100 valence electrons. The van der Waals surface area contributed by atoms with Crippen molar-refractivity contribution in [2.75, 3.05) is 34.5 Å². The molecule has 1 rings (SSSR count). The van der Waals surface area contributed by atoms with Gasteiger partial charge in [-0.3, -0.25) is 0 Å². The quantitative estimate of drug-likeness (QED) is 0.549. The number of hydrogen-bond acceptors (Lipinski definition) is 5. The summed E-state index contributed by atoms with van der Waals surface area (Å²) in [7, 11) is 4.53. The van der Waals surface area contributed by atoms with Crippen molar-refractivity contribution in [1.82, 2.24) is 0 Å². The van der Waals surface area contributed by atoms with Gasteiger partial charge in [0.25, 0.3) is 0 Å². The molecule has 0 aliphatic carbocycles. The molecule has 0 saturated carbocycles. The molecular formula is C13H18O5. The van der Waals surface area contributed by atoms with Gasteiger partial charge in [0, 0.05) is 20.1 Å². The van der Waals surface area contributed by atoms with Crippen molar-refractivity contribution in [2.45, 2.75) is 6.42 Å². The summed E-state index contributed by atoms with van der Waals surface area (Å²) >= 11 is 0. The average molecular weight is 254 g/mol. The van der Waals surface area contributed by atoms with Crippen LogP contribution < -0.4 is 9.47 Å². The molecule has 0 unspecified atom stereocenters. The Morgan fingerprint density at radius 2 is 1.89 bits per heavy atom. The minimum Gasteiger partial charge on any atom is -0.493 e. The second-order valence-electron chi connectivity index (χ2n) is 3.55. The summed E-state index contributed by atoms with van der Waals surface area (Å²) < 4.78 is 20.3. The standard InChI is InChI=1S/C13H18O5/c1-15-7-4-8-18-12-9-10(13(14)17-3)5-6-11(12)16-2/h5-6,9H,4,7-8H2,1-3H3. The summed E-state index contributed by atoms with van der Waals surface area (Å²) in [5.41, 5.74) is 0.431. The maximum atomic E-state index is 11.4. The summed E-state index contributed by atoms with van der Waals surface area (Å²) in [5.74, 6) is 0.705. The predicted octanol–water partition coefficient (Wildman–Crippen LogP) is 1.90. The van der Waals surface area contributed by atoms with E-state index in [0.717, 1.165) is 6.42 Å². The van der Waals surface area contributed by atoms with Crippen LogP contribution in [-0.4, -0.2) is 40.5 Å². The largest absolute Gasteiger partial charge is 0.493 e. The number of esters is 1. The highest BCUT2D eigenvalue weighted by molar-refractivity contribution is 5.90. The monoisotopic (exact) mass is 254 g/mol. The van der Waals surface area contributed by atoms with E-state index >= 15 is 0 Å². The maximum Gasteiger partial charge on any atom is 0.337 e. The maximum absolute atomic E-state index is 11.4. The first-order valence-electron chi connectivity index (χ1n) is 5.61. The van der Waals surface area contributed by atoms with Gasteiger partial charge in [0.05, 0.1) is 26.4 Å². The fourth-order valence-electron chi connectivity index (χ4n) is 1.42. The zero-order valence-electron chi connectivity index (χ0n) is 10.9. The smallest absolute Gasteiger partial charge is 0.337 e. The van der Waals surface area contributed by atoms with Crippen LogP contribution in [0.15, 0.2) is 18.2 Å². The number of ether oxygens (including phenoxy) is 4. The molecule has 1 aromatic rings. The number of carbonyl (C=O) groups is 1. The van der Waals surface area contributed by atoms with Gasteiger partial charge in [0.1, 0.15) is 0 Å². The molecule has 1 aromatic carbocycles. The number of rotatable bonds is 7. The lowest BCUT2D eigenvalue weighted by Gasteiger charge is -2.11. The molecule has 0 spiro atoms. The van der Waals surface area contributed by atoms with Crippen LogP contribution >= 0.6 is 0 Å². The van der Waals surface area contributed by atoms with E-state index < -0.39 is 5.97 Å². The highest BCUT2D eigenvalue weighted by atomic mass is 16.5. The number of methoxy groups -OCH3 is 3. The molecule has 18 heavy (non-hydrogen) atoms. The lowest BCUT2D eigenvalue weighted by atomic mass is 10.2. The van der Waals surface area contributed by atoms with Crippen molar-refractivity contribution >= 4 is 5.97 Å². The minimum atomic E-state index is -0.403. The fourth-order valence-corrected chi connectivity index (χ4v) is 1.42. The highest BCUT2D eigenvalue weighted by Crippen LogP contribution is 2.28. The molecule has 5 heteroatoms. The van der Waals surface area contributed by atoms with Crippen molar-refractivity contribution < 1.29 is 23.7 Å². The number of carbonyl (C=O) groups excluding carboxylic acids is 1. The van der Waals surface area contributed by atoms with Gasteiger partial charge in [-0.05, 0) is 18.2 Å². The van der Waals surface area contributed by atoms with Crippen molar-refractivity contribution in [1.29, 1.82) is 0 Å². The predicted molar refractivity (Wildman–Crippen MR) is 66.3 cm³/mol. The van der Waals surface area contributed by atoms with E-state index in [1.165, 1.54) is 7.11 Å². The first kappa shape index (κ1) is 14.3. The Labute approximate surface area is 107 Å². The van der Waals surface area contributed by atoms with E-state index in [0.29, 0.717) is 30.3 Å². The van der Waals surface area contributed by atoms with Gasteiger partial charge in [-0.1, -0.05) is 0 Å². The van der Waals surface area contributed by atoms with E-state index in [4.69, 9.17) is 14.2 Å². The molecule has 0 heterocycles. The first-order chi connectivity index (χ1) is 8.72. The Bertz CT molecular complexity index is 389. The molecule has 0 radical (unpaired) electrons. The topological polar surface area (TPSA) is 54.0 Å². The van der Waals surface area contributed by atoms with Crippen molar-refractivity contribution in [3.63, 3.8) is 0 Å². The van der Waals surface area contributed by atoms with Gasteiger partial charge in [-0.2, -0.15) is 0 Å². The van der Waals surface area contributed by atoms with Gasteiger partial charge >= 0.3 is 5.97 Å². The molecular weight excluding hydrogens is 236 g/mol. The lowest BCUT2D eigenvalue weighted by molar-refractivity contribution is 0.0600. The summed E-state index contributed by atoms with van der Waals surface area (Å²) in [6.07, 6.45) is 0.766. The molecule has 0 aliphatic rings. The summed E-state index contributed by atoms with van der Waals surface area (Å²) in [6, 6.07) is 4.92. The van der Waals surface area contributed by atoms with Crippen LogP contribution in [0.25, 0.3) is 0 Å². The van der Waals surface area contributed by atoms with Gasteiger partial charge < -0.3 is 18.9 Å². The highest BCUT2D eigenvalue weighted by Gasteiger charge is 2.11. The first-order valence-corrected chi connectivity index (χ1v) is 5.61. The van der Waals surface area contributed by atoms with Crippen LogP contribution in [-0.2, 0) is 9.47 Å². The molecule has 0 fully saturated rings. The minimum absolute atomic E-state index is 0.403. The van der Waals surface area contributed by atoms with Crippen molar-refractivity contribution in [3.05, 3.63) is 23.8 Å². The van der Waals surface area contributed by atoms with Crippen molar-refractivity contribution in [3.8, 4) is 11.5 Å². The molecule has 5 nitrogen and oxygen atoms in total. The molecule has 0 aliphatic heterocycles. The molecule has 0 aromatic heterocycles. The van der Waals surface area contributed by atoms with E-state index in [2.05, 4.69) is 4.74 Å². The van der Waals surface area contributed by atoms with E-state index in [9.17, 15) is 4.79 Å². The molecule has 0 saturated heterocycles. The fraction of sp³-hybridized carbons (Fsp3) is 0.462. The zero-order valence-corrected chi connectivity index (χ0v) is 10.9. The molecule has 0 atom stereocenters. The Balaban J connectivity index is 2.75. The van der Waals surface area contributed by atoms with Gasteiger partial charge in [0.2, 0.25) is 0 Å². The van der Waals surface area contributed by atoms with Gasteiger partial charge in [-0.25, -0.2) is 4.79 Å². The van der Waals surface area contributed by atoms with Crippen LogP contribution in [0.1, 0.15) is 16.8 Å². The van der Waals surface area contributed by atoms with Gasteiger partial charge in [0.15, 0.2) is 11.5 Å². The van der Waals surface area contributed by atoms with Crippen LogP contribution in [0.2, 0.25) is 0 Å². The number of benzene rings is 1. The second-order valence-corrected chi connectivity index (χ2v) is 3.55. The average Bonchev–Trinajstić information content (AvgIpc) is 2.42. The van der Waals surface area contributed by atoms with Crippen LogP contribution in [0, 0.1) is 0 Å². The van der Waals surface area contributed by atoms with Crippen molar-refractivity contribution in [2.24, 2.45) is 0 Å². The summed E-state index contributed by atoms with van der Waals surface area (Å²) in [4.78, 5) is 11.4. The third-order valence-corrected chi connectivity index (χ3v) is 2.34. The molecule has 0 bridgehead atoms. The third kappa shape index (κ3) is 3.92. The second kappa shape index (κ2) is 7.55. The van der Waals surface area contributed by atoms with Gasteiger partial charge in [-0.15, -0.1) is 0 Å². The lowest BCUT2D eigenvalue weighted by Crippen LogP contribution is -2.05. The summed E-state index contributed by atoms with van der Waals surface area (Å²) in [5, 5.41) is 0. The van der Waals surface area contributed by atoms with E-state index in [1.807, 2.05) is 0 Å². The SMILES string of the molecule is COCCCOc1cc(C(=O)OC)ccc1OC. The molecule has 0 amide bonds. The van der Waals surface area contributed by atoms with Crippen LogP contribution in [0.5, 0.6) is 11.5 Å².